The number of carbonyl (C=O) groups is 1. The first-order valence-corrected chi connectivity index (χ1v) is 8.34. The first-order chi connectivity index (χ1) is 10.9. The van der Waals surface area contributed by atoms with Gasteiger partial charge in [0.25, 0.3) is 0 Å². The minimum Gasteiger partial charge on any atom is -0.337 e. The lowest BCUT2D eigenvalue weighted by molar-refractivity contribution is -0.134. The van der Waals surface area contributed by atoms with E-state index in [9.17, 15) is 4.79 Å². The van der Waals surface area contributed by atoms with Crippen molar-refractivity contribution < 1.29 is 4.79 Å². The molecule has 0 spiro atoms. The maximum Gasteiger partial charge on any atom is 0.223 e. The van der Waals surface area contributed by atoms with Crippen LogP contribution in [-0.4, -0.2) is 17.4 Å². The molecule has 0 aromatic heterocycles. The van der Waals surface area contributed by atoms with E-state index < -0.39 is 0 Å². The highest BCUT2D eigenvalue weighted by Gasteiger charge is 2.30. The van der Waals surface area contributed by atoms with Gasteiger partial charge in [-0.15, -0.1) is 0 Å². The van der Waals surface area contributed by atoms with Gasteiger partial charge < -0.3 is 4.90 Å². The molecule has 23 heavy (non-hydrogen) atoms. The van der Waals surface area contributed by atoms with E-state index in [2.05, 4.69) is 69.3 Å². The van der Waals surface area contributed by atoms with Gasteiger partial charge in [-0.1, -0.05) is 75.4 Å². The number of hydrogen-bond acceptors (Lipinski definition) is 1. The predicted molar refractivity (Wildman–Crippen MR) is 94.2 cm³/mol. The van der Waals surface area contributed by atoms with E-state index >= 15 is 0 Å². The molecule has 0 unspecified atom stereocenters. The van der Waals surface area contributed by atoms with Crippen molar-refractivity contribution in [2.45, 2.75) is 39.7 Å². The van der Waals surface area contributed by atoms with Crippen LogP contribution in [0.2, 0.25) is 0 Å². The fourth-order valence-corrected chi connectivity index (χ4v) is 3.33. The van der Waals surface area contributed by atoms with E-state index in [1.165, 1.54) is 16.7 Å². The Balaban J connectivity index is 1.92. The Morgan fingerprint density at radius 1 is 1.04 bits per heavy atom. The topological polar surface area (TPSA) is 20.3 Å². The van der Waals surface area contributed by atoms with Crippen molar-refractivity contribution in [1.29, 1.82) is 0 Å². The number of carbonyl (C=O) groups excluding carboxylic acids is 1. The van der Waals surface area contributed by atoms with Crippen molar-refractivity contribution in [3.8, 4) is 0 Å². The average molecular weight is 307 g/mol. The van der Waals surface area contributed by atoms with Gasteiger partial charge in [0.2, 0.25) is 5.91 Å². The predicted octanol–water partition coefficient (Wildman–Crippen LogP) is 4.60. The largest absolute Gasteiger partial charge is 0.337 e. The fourth-order valence-electron chi connectivity index (χ4n) is 3.33. The molecule has 1 amide bonds. The Hall–Kier alpha value is -2.09. The molecular formula is C21H25NO. The van der Waals surface area contributed by atoms with Gasteiger partial charge in [0.1, 0.15) is 0 Å². The van der Waals surface area contributed by atoms with Crippen LogP contribution in [0.25, 0.3) is 0 Å². The van der Waals surface area contributed by atoms with E-state index in [1.807, 2.05) is 11.0 Å². The lowest BCUT2D eigenvalue weighted by atomic mass is 9.84. The summed E-state index contributed by atoms with van der Waals surface area (Å²) in [7, 11) is 0. The zero-order valence-electron chi connectivity index (χ0n) is 14.3. The lowest BCUT2D eigenvalue weighted by Crippen LogP contribution is -2.40. The first-order valence-electron chi connectivity index (χ1n) is 8.34. The summed E-state index contributed by atoms with van der Waals surface area (Å²) in [6, 6.07) is 19.1. The molecule has 3 rings (SSSR count). The van der Waals surface area contributed by atoms with Gasteiger partial charge >= 0.3 is 0 Å². The summed E-state index contributed by atoms with van der Waals surface area (Å²) < 4.78 is 0. The summed E-state index contributed by atoms with van der Waals surface area (Å²) in [5.74, 6) is 0.526. The number of amides is 1. The first kappa shape index (κ1) is 15.8. The van der Waals surface area contributed by atoms with Crippen molar-refractivity contribution in [1.82, 2.24) is 4.90 Å². The molecule has 2 heteroatoms. The van der Waals surface area contributed by atoms with E-state index in [-0.39, 0.29) is 17.2 Å². The number of fused-ring (bicyclic) bond motifs is 1. The maximum absolute atomic E-state index is 12.7. The molecule has 0 bridgehead atoms. The highest BCUT2D eigenvalue weighted by molar-refractivity contribution is 5.77. The number of rotatable bonds is 2. The van der Waals surface area contributed by atoms with Crippen LogP contribution in [-0.2, 0) is 11.3 Å². The number of nitrogens with zero attached hydrogens (tertiary/aromatic N) is 1. The second kappa shape index (κ2) is 6.19. The van der Waals surface area contributed by atoms with Crippen LogP contribution in [0, 0.1) is 5.41 Å². The molecule has 1 aliphatic heterocycles. The molecule has 1 atom stereocenters. The molecule has 0 saturated heterocycles. The van der Waals surface area contributed by atoms with E-state index in [0.717, 1.165) is 13.1 Å². The molecule has 2 aromatic carbocycles. The fraction of sp³-hybridized carbons (Fsp3) is 0.381. The standard InChI is InChI=1S/C21H25NO/c1-21(2,3)13-20(23)22-14-17-11-7-8-12-18(17)19(15-22)16-9-5-4-6-10-16/h4-12,19H,13-15H2,1-3H3/t19-/m0/s1. The molecule has 120 valence electrons. The Morgan fingerprint density at radius 3 is 2.39 bits per heavy atom. The average Bonchev–Trinajstić information content (AvgIpc) is 2.53. The van der Waals surface area contributed by atoms with Crippen molar-refractivity contribution in [3.05, 3.63) is 71.3 Å². The van der Waals surface area contributed by atoms with Gasteiger partial charge in [0.05, 0.1) is 0 Å². The lowest BCUT2D eigenvalue weighted by Gasteiger charge is -2.36. The van der Waals surface area contributed by atoms with Gasteiger partial charge in [0, 0.05) is 25.4 Å². The van der Waals surface area contributed by atoms with Gasteiger partial charge in [-0.3, -0.25) is 4.79 Å². The van der Waals surface area contributed by atoms with Crippen LogP contribution in [0.15, 0.2) is 54.6 Å². The molecule has 1 aliphatic rings. The Labute approximate surface area is 139 Å². The minimum atomic E-state index is 0.0241. The SMILES string of the molecule is CC(C)(C)CC(=O)N1Cc2ccccc2[C@H](c2ccccc2)C1. The van der Waals surface area contributed by atoms with Crippen LogP contribution < -0.4 is 0 Å². The smallest absolute Gasteiger partial charge is 0.223 e. The van der Waals surface area contributed by atoms with Crippen LogP contribution >= 0.6 is 0 Å². The van der Waals surface area contributed by atoms with E-state index in [4.69, 9.17) is 0 Å². The highest BCUT2D eigenvalue weighted by Crippen LogP contribution is 2.34. The monoisotopic (exact) mass is 307 g/mol. The second-order valence-electron chi connectivity index (χ2n) is 7.67. The van der Waals surface area contributed by atoms with Gasteiger partial charge in [-0.25, -0.2) is 0 Å². The summed E-state index contributed by atoms with van der Waals surface area (Å²) in [6.45, 7) is 7.87. The molecule has 0 fully saturated rings. The normalized spacial score (nSPS) is 17.7. The van der Waals surface area contributed by atoms with Crippen molar-refractivity contribution >= 4 is 5.91 Å². The zero-order chi connectivity index (χ0) is 16.4. The minimum absolute atomic E-state index is 0.0241. The summed E-state index contributed by atoms with van der Waals surface area (Å²) >= 11 is 0. The van der Waals surface area contributed by atoms with Gasteiger partial charge in [0.15, 0.2) is 0 Å². The van der Waals surface area contributed by atoms with Crippen molar-refractivity contribution in [3.63, 3.8) is 0 Å². The Kier molecular flexibility index (Phi) is 4.25. The van der Waals surface area contributed by atoms with Crippen LogP contribution in [0.1, 0.15) is 49.8 Å². The van der Waals surface area contributed by atoms with Gasteiger partial charge in [-0.2, -0.15) is 0 Å². The van der Waals surface area contributed by atoms with Crippen LogP contribution in [0.5, 0.6) is 0 Å². The zero-order valence-corrected chi connectivity index (χ0v) is 14.3. The highest BCUT2D eigenvalue weighted by atomic mass is 16.2. The van der Waals surface area contributed by atoms with E-state index in [1.54, 1.807) is 0 Å². The molecule has 0 radical (unpaired) electrons. The van der Waals surface area contributed by atoms with Crippen LogP contribution in [0.4, 0.5) is 0 Å². The van der Waals surface area contributed by atoms with Crippen molar-refractivity contribution in [2.24, 2.45) is 5.41 Å². The molecule has 0 N–H and O–H groups in total. The number of benzene rings is 2. The summed E-state index contributed by atoms with van der Waals surface area (Å²) in [5.41, 5.74) is 3.94. The molecule has 2 aromatic rings. The molecule has 0 aliphatic carbocycles. The second-order valence-corrected chi connectivity index (χ2v) is 7.67. The molecular weight excluding hydrogens is 282 g/mol. The van der Waals surface area contributed by atoms with Gasteiger partial charge in [-0.05, 0) is 22.1 Å². The Morgan fingerprint density at radius 2 is 1.70 bits per heavy atom. The third-order valence-corrected chi connectivity index (χ3v) is 4.43. The van der Waals surface area contributed by atoms with Crippen molar-refractivity contribution in [2.75, 3.05) is 6.54 Å². The summed E-state index contributed by atoms with van der Waals surface area (Å²) in [5, 5.41) is 0. The van der Waals surface area contributed by atoms with E-state index in [0.29, 0.717) is 6.42 Å². The number of hydrogen-bond donors (Lipinski definition) is 0. The third-order valence-electron chi connectivity index (χ3n) is 4.43. The Bertz CT molecular complexity index is 684. The third kappa shape index (κ3) is 3.64. The van der Waals surface area contributed by atoms with Crippen LogP contribution in [0.3, 0.4) is 0 Å². The summed E-state index contributed by atoms with van der Waals surface area (Å²) in [6.07, 6.45) is 0.594. The molecule has 1 heterocycles. The quantitative estimate of drug-likeness (QED) is 0.794. The maximum atomic E-state index is 12.7. The molecule has 2 nitrogen and oxygen atoms in total. The summed E-state index contributed by atoms with van der Waals surface area (Å²) in [4.78, 5) is 14.8. The molecule has 0 saturated carbocycles.